The van der Waals surface area contributed by atoms with Crippen LogP contribution in [-0.2, 0) is 41.0 Å². The molecule has 2 aromatic rings. The Bertz CT molecular complexity index is 1080. The van der Waals surface area contributed by atoms with Crippen molar-refractivity contribution >= 4 is 7.60 Å². The molecule has 1 unspecified atom stereocenters. The van der Waals surface area contributed by atoms with E-state index in [-0.39, 0.29) is 26.4 Å². The van der Waals surface area contributed by atoms with Crippen LogP contribution in [0.25, 0.3) is 0 Å². The van der Waals surface area contributed by atoms with Crippen LogP contribution in [-0.4, -0.2) is 124 Å². The Labute approximate surface area is 262 Å². The summed E-state index contributed by atoms with van der Waals surface area (Å²) in [6, 6.07) is 18.9. The van der Waals surface area contributed by atoms with Crippen molar-refractivity contribution < 1.29 is 68.0 Å². The largest absolute Gasteiger partial charge is 0.394 e. The molecule has 1 fully saturated rings. The Kier molecular flexibility index (Phi) is 17.8. The average Bonchev–Trinajstić information content (AvgIpc) is 3.43. The van der Waals surface area contributed by atoms with Gasteiger partial charge in [-0.1, -0.05) is 60.7 Å². The summed E-state index contributed by atoms with van der Waals surface area (Å²) in [5.74, 6) is -2.11. The highest BCUT2D eigenvalue weighted by Gasteiger charge is 2.55. The normalized spacial score (nSPS) is 23.4. The molecule has 15 heteroatoms. The monoisotopic (exact) mass is 664 g/mol. The van der Waals surface area contributed by atoms with E-state index < -0.39 is 82.2 Å². The number of hydrogen-bond acceptors (Lipinski definition) is 13. The molecule has 1 heterocycles. The highest BCUT2D eigenvalue weighted by molar-refractivity contribution is 7.54. The summed E-state index contributed by atoms with van der Waals surface area (Å²) >= 11 is 0. The van der Waals surface area contributed by atoms with Crippen molar-refractivity contribution in [3.05, 3.63) is 71.8 Å². The molecule has 0 bridgehead atoms. The Balaban J connectivity index is 0.000000498. The third-order valence-electron chi connectivity index (χ3n) is 6.80. The maximum Gasteiger partial charge on any atom is 0.367 e. The van der Waals surface area contributed by atoms with Crippen LogP contribution in [0.15, 0.2) is 60.7 Å². The van der Waals surface area contributed by atoms with Gasteiger partial charge in [0.25, 0.3) is 0 Å². The fourth-order valence-electron chi connectivity index (χ4n) is 4.44. The van der Waals surface area contributed by atoms with Crippen molar-refractivity contribution in [3.63, 3.8) is 0 Å². The third-order valence-corrected chi connectivity index (χ3v) is 8.93. The molecule has 7 N–H and O–H groups in total. The van der Waals surface area contributed by atoms with E-state index >= 15 is 4.39 Å². The predicted octanol–water partition coefficient (Wildman–Crippen LogP) is 0.893. The minimum absolute atomic E-state index is 0.0112. The van der Waals surface area contributed by atoms with E-state index in [1.165, 1.54) is 0 Å². The van der Waals surface area contributed by atoms with Crippen molar-refractivity contribution in [1.82, 2.24) is 0 Å². The maximum absolute atomic E-state index is 15.7. The molecule has 1 aliphatic heterocycles. The fourth-order valence-corrected chi connectivity index (χ4v) is 6.12. The lowest BCUT2D eigenvalue weighted by atomic mass is 10.0. The molecule has 0 amide bonds. The number of ether oxygens (including phenoxy) is 3. The van der Waals surface area contributed by atoms with Gasteiger partial charge in [0, 0.05) is 0 Å². The van der Waals surface area contributed by atoms with Gasteiger partial charge < -0.3 is 59.0 Å². The number of aliphatic hydroxyl groups is 7. The van der Waals surface area contributed by atoms with Crippen molar-refractivity contribution in [2.45, 2.75) is 81.8 Å². The number of benzene rings is 2. The minimum atomic E-state index is -4.14. The molecular formula is C30H46FO13P. The third kappa shape index (κ3) is 11.7. The van der Waals surface area contributed by atoms with E-state index in [0.717, 1.165) is 11.1 Å². The van der Waals surface area contributed by atoms with Gasteiger partial charge in [-0.3, -0.25) is 4.57 Å². The van der Waals surface area contributed by atoms with Crippen LogP contribution >= 0.6 is 7.60 Å². The van der Waals surface area contributed by atoms with E-state index in [2.05, 4.69) is 0 Å². The van der Waals surface area contributed by atoms with Crippen LogP contribution in [0.3, 0.4) is 0 Å². The molecular weight excluding hydrogens is 618 g/mol. The molecule has 0 aromatic heterocycles. The van der Waals surface area contributed by atoms with E-state index in [4.69, 9.17) is 53.9 Å². The Morgan fingerprint density at radius 1 is 0.756 bits per heavy atom. The summed E-state index contributed by atoms with van der Waals surface area (Å²) in [7, 11) is -4.14. The lowest BCUT2D eigenvalue weighted by Gasteiger charge is -2.29. The van der Waals surface area contributed by atoms with Gasteiger partial charge in [-0.2, -0.15) is 0 Å². The highest BCUT2D eigenvalue weighted by Crippen LogP contribution is 2.57. The van der Waals surface area contributed by atoms with Gasteiger partial charge in [-0.25, -0.2) is 4.39 Å². The number of alkyl halides is 1. The second-order valence-corrected chi connectivity index (χ2v) is 12.2. The smallest absolute Gasteiger partial charge is 0.367 e. The average molecular weight is 665 g/mol. The van der Waals surface area contributed by atoms with Gasteiger partial charge in [0.1, 0.15) is 48.8 Å². The Morgan fingerprint density at radius 3 is 1.56 bits per heavy atom. The first-order chi connectivity index (χ1) is 21.6. The first-order valence-electron chi connectivity index (χ1n) is 14.6. The van der Waals surface area contributed by atoms with E-state index in [1.54, 1.807) is 13.8 Å². The van der Waals surface area contributed by atoms with Gasteiger partial charge >= 0.3 is 7.60 Å². The summed E-state index contributed by atoms with van der Waals surface area (Å²) in [5, 5.41) is 62.1. The highest BCUT2D eigenvalue weighted by atomic mass is 31.2. The molecule has 0 saturated carbocycles. The van der Waals surface area contributed by atoms with Crippen molar-refractivity contribution in [3.8, 4) is 0 Å². The molecule has 256 valence electrons. The Hall–Kier alpha value is -1.88. The van der Waals surface area contributed by atoms with Crippen LogP contribution < -0.4 is 0 Å². The molecule has 13 nitrogen and oxygen atoms in total. The van der Waals surface area contributed by atoms with Crippen LogP contribution in [0.2, 0.25) is 0 Å². The first kappa shape index (κ1) is 39.3. The van der Waals surface area contributed by atoms with Crippen molar-refractivity contribution in [1.29, 1.82) is 0 Å². The second kappa shape index (κ2) is 20.4. The van der Waals surface area contributed by atoms with Gasteiger partial charge in [0.2, 0.25) is 5.91 Å². The van der Waals surface area contributed by atoms with Crippen molar-refractivity contribution in [2.75, 3.05) is 33.0 Å². The van der Waals surface area contributed by atoms with E-state index in [1.807, 2.05) is 60.7 Å². The molecule has 0 radical (unpaired) electrons. The lowest BCUT2D eigenvalue weighted by Crippen LogP contribution is -2.46. The zero-order valence-electron chi connectivity index (χ0n) is 25.3. The van der Waals surface area contributed by atoms with E-state index in [9.17, 15) is 9.67 Å². The van der Waals surface area contributed by atoms with Crippen LogP contribution in [0.4, 0.5) is 4.39 Å². The minimum Gasteiger partial charge on any atom is -0.394 e. The van der Waals surface area contributed by atoms with Gasteiger partial charge in [0.15, 0.2) is 0 Å². The topological polar surface area (TPSA) is 205 Å². The number of hydrogen-bond donors (Lipinski definition) is 7. The molecule has 0 aliphatic carbocycles. The second-order valence-electron chi connectivity index (χ2n) is 10.1. The summed E-state index contributed by atoms with van der Waals surface area (Å²) in [4.78, 5) is 0. The molecule has 9 atom stereocenters. The van der Waals surface area contributed by atoms with Gasteiger partial charge in [-0.05, 0) is 25.0 Å². The fraction of sp³-hybridized carbons (Fsp3) is 0.600. The number of halogens is 1. The summed E-state index contributed by atoms with van der Waals surface area (Å²) in [5.41, 5.74) is 1.78. The first-order valence-corrected chi connectivity index (χ1v) is 16.2. The SMILES string of the molecule is CCOP(=O)(OCC)C(F)[C@@H]1O[C@H](CO)[C@@H](OCc2ccccc2)[C@@H]1OCc1ccccc1.OC[C@@H](O)[C@@H](O)[C@H](O)[C@@H](O)CO. The zero-order valence-corrected chi connectivity index (χ0v) is 26.2. The molecule has 45 heavy (non-hydrogen) atoms. The molecule has 2 aromatic carbocycles. The zero-order chi connectivity index (χ0) is 33.4. The quantitative estimate of drug-likeness (QED) is 0.111. The van der Waals surface area contributed by atoms with Crippen LogP contribution in [0.5, 0.6) is 0 Å². The number of rotatable bonds is 18. The molecule has 1 saturated heterocycles. The summed E-state index contributed by atoms with van der Waals surface area (Å²) in [6.45, 7) is 1.76. The maximum atomic E-state index is 15.7. The van der Waals surface area contributed by atoms with Crippen LogP contribution in [0, 0.1) is 0 Å². The molecule has 0 spiro atoms. The van der Waals surface area contributed by atoms with E-state index in [0.29, 0.717) is 0 Å². The number of aliphatic hydroxyl groups excluding tert-OH is 7. The molecule has 3 rings (SSSR count). The molecule has 1 aliphatic rings. The predicted molar refractivity (Wildman–Crippen MR) is 160 cm³/mol. The van der Waals surface area contributed by atoms with Crippen LogP contribution in [0.1, 0.15) is 25.0 Å². The summed E-state index contributed by atoms with van der Waals surface area (Å²) < 4.78 is 57.2. The van der Waals surface area contributed by atoms with Crippen molar-refractivity contribution in [2.24, 2.45) is 0 Å². The lowest BCUT2D eigenvalue weighted by molar-refractivity contribution is -0.123. The van der Waals surface area contributed by atoms with Gasteiger partial charge in [-0.15, -0.1) is 0 Å². The summed E-state index contributed by atoms with van der Waals surface area (Å²) in [6.07, 6.45) is -10.3. The van der Waals surface area contributed by atoms with Gasteiger partial charge in [0.05, 0.1) is 46.2 Å². The standard InChI is InChI=1S/C24H32FO7P.C6H14O6/c1-3-30-33(27,31-4-2)24(25)23-22(29-17-19-13-9-6-10-14-19)21(20(15-26)32-23)28-16-18-11-7-5-8-12-18;7-1-3(9)5(11)6(12)4(10)2-8/h5-14,20-24,26H,3-4,15-17H2,1-2H3;3-12H,1-2H2/t20-,21-,22+,23-,24?;3-,4+,5-,6-/m11/s1. The Morgan fingerprint density at radius 2 is 1.18 bits per heavy atom.